The van der Waals surface area contributed by atoms with Crippen molar-refractivity contribution in [1.29, 1.82) is 0 Å². The Kier molecular flexibility index (Phi) is 5.27. The van der Waals surface area contributed by atoms with Gasteiger partial charge in [0.2, 0.25) is 5.91 Å². The van der Waals surface area contributed by atoms with Gasteiger partial charge in [0.1, 0.15) is 5.82 Å². The number of carbonyl (C=O) groups is 1. The van der Waals surface area contributed by atoms with Crippen LogP contribution < -0.4 is 10.2 Å². The number of benzene rings is 1. The Morgan fingerprint density at radius 3 is 2.83 bits per heavy atom. The summed E-state index contributed by atoms with van der Waals surface area (Å²) < 4.78 is 2.03. The number of carbonyl (C=O) groups excluding carboxylic acids is 1. The fourth-order valence-electron chi connectivity index (χ4n) is 3.26. The molecule has 24 heavy (non-hydrogen) atoms. The van der Waals surface area contributed by atoms with Crippen LogP contribution in [0.5, 0.6) is 0 Å². The molecule has 6 nitrogen and oxygen atoms in total. The van der Waals surface area contributed by atoms with Crippen molar-refractivity contribution in [2.24, 2.45) is 7.05 Å². The van der Waals surface area contributed by atoms with Gasteiger partial charge in [-0.05, 0) is 19.1 Å². The third-order valence-corrected chi connectivity index (χ3v) is 4.53. The smallest absolute Gasteiger partial charge is 0.241 e. The van der Waals surface area contributed by atoms with Crippen LogP contribution in [0, 0.1) is 0 Å². The molecule has 6 heteroatoms. The summed E-state index contributed by atoms with van der Waals surface area (Å²) in [6.07, 6.45) is 3.76. The number of hydrogen-bond donors (Lipinski definition) is 1. The molecule has 1 atom stereocenters. The van der Waals surface area contributed by atoms with Gasteiger partial charge in [-0.3, -0.25) is 9.69 Å². The molecule has 128 valence electrons. The van der Waals surface area contributed by atoms with Crippen LogP contribution in [-0.2, 0) is 11.8 Å². The van der Waals surface area contributed by atoms with Crippen molar-refractivity contribution < 1.29 is 4.79 Å². The molecule has 1 saturated heterocycles. The number of hydrogen-bond acceptors (Lipinski definition) is 4. The Hall–Kier alpha value is -2.18. The number of aryl methyl sites for hydroxylation is 1. The second kappa shape index (κ2) is 7.59. The van der Waals surface area contributed by atoms with Crippen LogP contribution in [0.4, 0.5) is 5.69 Å². The minimum absolute atomic E-state index is 0.122. The minimum Gasteiger partial charge on any atom is -0.337 e. The zero-order valence-electron chi connectivity index (χ0n) is 14.4. The third-order valence-electron chi connectivity index (χ3n) is 4.53. The van der Waals surface area contributed by atoms with Gasteiger partial charge in [-0.25, -0.2) is 4.98 Å². The van der Waals surface area contributed by atoms with E-state index in [-0.39, 0.29) is 11.9 Å². The van der Waals surface area contributed by atoms with Crippen LogP contribution in [0.15, 0.2) is 42.7 Å². The summed E-state index contributed by atoms with van der Waals surface area (Å²) in [5, 5.41) is 3.41. The number of amides is 1. The maximum atomic E-state index is 12.9. The van der Waals surface area contributed by atoms with Gasteiger partial charge in [0.15, 0.2) is 0 Å². The van der Waals surface area contributed by atoms with E-state index in [1.807, 2.05) is 66.2 Å². The molecule has 1 fully saturated rings. The molecule has 0 spiro atoms. The zero-order valence-corrected chi connectivity index (χ0v) is 14.4. The quantitative estimate of drug-likeness (QED) is 0.902. The Balaban J connectivity index is 1.75. The topological polar surface area (TPSA) is 53.4 Å². The molecule has 1 aromatic heterocycles. The molecule has 0 radical (unpaired) electrons. The molecular formula is C18H25N5O. The number of anilines is 1. The average molecular weight is 327 g/mol. The van der Waals surface area contributed by atoms with Crippen LogP contribution >= 0.6 is 0 Å². The first-order valence-corrected chi connectivity index (χ1v) is 8.48. The van der Waals surface area contributed by atoms with Crippen LogP contribution in [-0.4, -0.2) is 53.1 Å². The van der Waals surface area contributed by atoms with Crippen molar-refractivity contribution in [3.8, 4) is 0 Å². The van der Waals surface area contributed by atoms with Gasteiger partial charge in [0, 0.05) is 51.3 Å². The van der Waals surface area contributed by atoms with Crippen LogP contribution in [0.25, 0.3) is 0 Å². The summed E-state index contributed by atoms with van der Waals surface area (Å²) >= 11 is 0. The van der Waals surface area contributed by atoms with Crippen molar-refractivity contribution >= 4 is 11.6 Å². The minimum atomic E-state index is 0.122. The molecule has 1 unspecified atom stereocenters. The predicted octanol–water partition coefficient (Wildman–Crippen LogP) is 1.42. The Bertz CT molecular complexity index is 669. The first-order chi connectivity index (χ1) is 11.7. The molecule has 0 saturated carbocycles. The SMILES string of the molecule is CCN(C(=O)CN1CCNCC1c1nccn1C)c1ccccc1. The van der Waals surface area contributed by atoms with Gasteiger partial charge in [0.05, 0.1) is 12.6 Å². The van der Waals surface area contributed by atoms with E-state index in [4.69, 9.17) is 0 Å². The molecule has 2 heterocycles. The van der Waals surface area contributed by atoms with Crippen LogP contribution in [0.3, 0.4) is 0 Å². The predicted molar refractivity (Wildman–Crippen MR) is 94.9 cm³/mol. The molecule has 1 aliphatic heterocycles. The van der Waals surface area contributed by atoms with Crippen LogP contribution in [0.1, 0.15) is 18.8 Å². The van der Waals surface area contributed by atoms with E-state index in [2.05, 4.69) is 15.2 Å². The number of piperazine rings is 1. The number of para-hydroxylation sites is 1. The van der Waals surface area contributed by atoms with E-state index in [0.717, 1.165) is 31.1 Å². The Morgan fingerprint density at radius 2 is 2.17 bits per heavy atom. The van der Waals surface area contributed by atoms with Gasteiger partial charge in [-0.1, -0.05) is 18.2 Å². The van der Waals surface area contributed by atoms with E-state index in [9.17, 15) is 4.79 Å². The summed E-state index contributed by atoms with van der Waals surface area (Å²) in [6, 6.07) is 9.98. The fourth-order valence-corrected chi connectivity index (χ4v) is 3.26. The maximum absolute atomic E-state index is 12.9. The normalized spacial score (nSPS) is 18.5. The van der Waals surface area contributed by atoms with Gasteiger partial charge in [-0.15, -0.1) is 0 Å². The lowest BCUT2D eigenvalue weighted by Crippen LogP contribution is -2.50. The summed E-state index contributed by atoms with van der Waals surface area (Å²) in [4.78, 5) is 21.4. The highest BCUT2D eigenvalue weighted by Crippen LogP contribution is 2.21. The van der Waals surface area contributed by atoms with E-state index in [1.165, 1.54) is 0 Å². The Labute approximate surface area is 143 Å². The zero-order chi connectivity index (χ0) is 16.9. The molecular weight excluding hydrogens is 302 g/mol. The van der Waals surface area contributed by atoms with Crippen LogP contribution in [0.2, 0.25) is 0 Å². The maximum Gasteiger partial charge on any atom is 0.241 e. The average Bonchev–Trinajstić information content (AvgIpc) is 3.03. The summed E-state index contributed by atoms with van der Waals surface area (Å²) in [7, 11) is 2.00. The van der Waals surface area contributed by atoms with Crippen molar-refractivity contribution in [3.63, 3.8) is 0 Å². The summed E-state index contributed by atoms with van der Waals surface area (Å²) in [5.41, 5.74) is 0.952. The van der Waals surface area contributed by atoms with Gasteiger partial charge in [-0.2, -0.15) is 0 Å². The molecule has 1 aromatic carbocycles. The lowest BCUT2D eigenvalue weighted by molar-refractivity contribution is -0.120. The highest BCUT2D eigenvalue weighted by Gasteiger charge is 2.29. The number of likely N-dealkylation sites (N-methyl/N-ethyl adjacent to an activating group) is 1. The molecule has 2 aromatic rings. The number of imidazole rings is 1. The lowest BCUT2D eigenvalue weighted by Gasteiger charge is -2.36. The molecule has 0 aliphatic carbocycles. The summed E-state index contributed by atoms with van der Waals surface area (Å²) in [5.74, 6) is 1.13. The van der Waals surface area contributed by atoms with Gasteiger partial charge >= 0.3 is 0 Å². The first kappa shape index (κ1) is 16.7. The standard InChI is InChI=1S/C18H25N5O/c1-3-23(15-7-5-4-6-8-15)17(24)14-22-12-9-19-13-16(22)18-20-10-11-21(18)2/h4-8,10-11,16,19H,3,9,12-14H2,1-2H3. The summed E-state index contributed by atoms with van der Waals surface area (Å²) in [6.45, 7) is 5.64. The monoisotopic (exact) mass is 327 g/mol. The molecule has 1 amide bonds. The number of nitrogens with one attached hydrogen (secondary N) is 1. The largest absolute Gasteiger partial charge is 0.337 e. The molecule has 1 aliphatic rings. The first-order valence-electron chi connectivity index (χ1n) is 8.48. The molecule has 0 bridgehead atoms. The van der Waals surface area contributed by atoms with Gasteiger partial charge in [0.25, 0.3) is 0 Å². The number of aromatic nitrogens is 2. The number of rotatable bonds is 5. The fraction of sp³-hybridized carbons (Fsp3) is 0.444. The highest BCUT2D eigenvalue weighted by atomic mass is 16.2. The van der Waals surface area contributed by atoms with E-state index in [1.54, 1.807) is 0 Å². The third kappa shape index (κ3) is 3.49. The number of nitrogens with zero attached hydrogens (tertiary/aromatic N) is 4. The Morgan fingerprint density at radius 1 is 1.38 bits per heavy atom. The lowest BCUT2D eigenvalue weighted by atomic mass is 10.1. The van der Waals surface area contributed by atoms with E-state index < -0.39 is 0 Å². The van der Waals surface area contributed by atoms with Crippen molar-refractivity contribution in [2.45, 2.75) is 13.0 Å². The van der Waals surface area contributed by atoms with E-state index in [0.29, 0.717) is 13.1 Å². The molecule has 1 N–H and O–H groups in total. The second-order valence-corrected chi connectivity index (χ2v) is 6.06. The van der Waals surface area contributed by atoms with Crippen molar-refractivity contribution in [1.82, 2.24) is 19.8 Å². The van der Waals surface area contributed by atoms with Crippen molar-refractivity contribution in [3.05, 3.63) is 48.5 Å². The highest BCUT2D eigenvalue weighted by molar-refractivity contribution is 5.94. The second-order valence-electron chi connectivity index (χ2n) is 6.06. The van der Waals surface area contributed by atoms with E-state index >= 15 is 0 Å². The molecule has 3 rings (SSSR count). The van der Waals surface area contributed by atoms with Gasteiger partial charge < -0.3 is 14.8 Å². The van der Waals surface area contributed by atoms with Crippen molar-refractivity contribution in [2.75, 3.05) is 37.6 Å².